The lowest BCUT2D eigenvalue weighted by Gasteiger charge is -2.45. The van der Waals surface area contributed by atoms with Crippen molar-refractivity contribution in [3.05, 3.63) is 35.4 Å². The molecule has 1 N–H and O–H groups in total. The van der Waals surface area contributed by atoms with Crippen LogP contribution in [0.3, 0.4) is 0 Å². The van der Waals surface area contributed by atoms with E-state index in [0.717, 1.165) is 32.6 Å². The number of hydrogen-bond acceptors (Lipinski definition) is 2. The molecule has 21 heavy (non-hydrogen) atoms. The number of rotatable bonds is 2. The van der Waals surface area contributed by atoms with Crippen molar-refractivity contribution in [1.29, 1.82) is 0 Å². The van der Waals surface area contributed by atoms with E-state index in [1.165, 1.54) is 30.4 Å². The van der Waals surface area contributed by atoms with Crippen LogP contribution in [0.15, 0.2) is 24.3 Å². The Morgan fingerprint density at radius 3 is 2.86 bits per heavy atom. The van der Waals surface area contributed by atoms with Crippen molar-refractivity contribution >= 4 is 5.91 Å². The Kier molecular flexibility index (Phi) is 4.29. The third-order valence-corrected chi connectivity index (χ3v) is 5.18. The fraction of sp³-hybridized carbons (Fsp3) is 0.611. The summed E-state index contributed by atoms with van der Waals surface area (Å²) < 4.78 is 0. The molecule has 1 unspecified atom stereocenters. The Balaban J connectivity index is 1.66. The van der Waals surface area contributed by atoms with Gasteiger partial charge < -0.3 is 10.2 Å². The van der Waals surface area contributed by atoms with E-state index in [-0.39, 0.29) is 0 Å². The molecule has 3 rings (SSSR count). The van der Waals surface area contributed by atoms with E-state index >= 15 is 0 Å². The summed E-state index contributed by atoms with van der Waals surface area (Å²) in [6, 6.07) is 8.23. The van der Waals surface area contributed by atoms with Crippen LogP contribution in [0.2, 0.25) is 0 Å². The van der Waals surface area contributed by atoms with E-state index in [2.05, 4.69) is 29.3 Å². The zero-order valence-corrected chi connectivity index (χ0v) is 13.0. The molecule has 2 heterocycles. The number of benzene rings is 1. The monoisotopic (exact) mass is 286 g/mol. The quantitative estimate of drug-likeness (QED) is 0.906. The SMILES string of the molecule is Cc1ccccc1CC(=O)N1CCCC2(CCCNC2)C1. The number of carbonyl (C=O) groups is 1. The van der Waals surface area contributed by atoms with E-state index < -0.39 is 0 Å². The molecule has 0 radical (unpaired) electrons. The van der Waals surface area contributed by atoms with Gasteiger partial charge in [-0.25, -0.2) is 0 Å². The van der Waals surface area contributed by atoms with Gasteiger partial charge in [0.25, 0.3) is 0 Å². The van der Waals surface area contributed by atoms with Crippen molar-refractivity contribution in [3.8, 4) is 0 Å². The highest BCUT2D eigenvalue weighted by atomic mass is 16.2. The van der Waals surface area contributed by atoms with Crippen LogP contribution < -0.4 is 5.32 Å². The molecule has 2 saturated heterocycles. The lowest BCUT2D eigenvalue weighted by atomic mass is 9.74. The summed E-state index contributed by atoms with van der Waals surface area (Å²) in [5, 5.41) is 3.53. The highest BCUT2D eigenvalue weighted by Gasteiger charge is 2.37. The van der Waals surface area contributed by atoms with Gasteiger partial charge in [0.2, 0.25) is 5.91 Å². The summed E-state index contributed by atoms with van der Waals surface area (Å²) in [7, 11) is 0. The lowest BCUT2D eigenvalue weighted by Crippen LogP contribution is -2.52. The zero-order chi connectivity index (χ0) is 14.7. The third kappa shape index (κ3) is 3.29. The molecule has 114 valence electrons. The number of piperidine rings is 2. The molecule has 1 aromatic carbocycles. The molecule has 3 heteroatoms. The summed E-state index contributed by atoms with van der Waals surface area (Å²) in [5.74, 6) is 0.300. The number of carbonyl (C=O) groups excluding carboxylic acids is 1. The molecule has 1 spiro atoms. The van der Waals surface area contributed by atoms with Crippen LogP contribution in [0.5, 0.6) is 0 Å². The van der Waals surface area contributed by atoms with Gasteiger partial charge in [0, 0.05) is 25.0 Å². The highest BCUT2D eigenvalue weighted by Crippen LogP contribution is 2.36. The number of nitrogens with one attached hydrogen (secondary N) is 1. The topological polar surface area (TPSA) is 32.3 Å². The van der Waals surface area contributed by atoms with Crippen molar-refractivity contribution in [2.24, 2.45) is 5.41 Å². The van der Waals surface area contributed by atoms with Gasteiger partial charge >= 0.3 is 0 Å². The number of hydrogen-bond donors (Lipinski definition) is 1. The summed E-state index contributed by atoms with van der Waals surface area (Å²) in [6.45, 7) is 6.20. The molecular formula is C18H26N2O. The first-order valence-electron chi connectivity index (χ1n) is 8.22. The van der Waals surface area contributed by atoms with Crippen molar-refractivity contribution in [3.63, 3.8) is 0 Å². The fourth-order valence-corrected chi connectivity index (χ4v) is 3.88. The largest absolute Gasteiger partial charge is 0.342 e. The predicted molar refractivity (Wildman–Crippen MR) is 85.2 cm³/mol. The Morgan fingerprint density at radius 1 is 1.29 bits per heavy atom. The minimum Gasteiger partial charge on any atom is -0.342 e. The van der Waals surface area contributed by atoms with Crippen LogP contribution in [-0.4, -0.2) is 37.0 Å². The van der Waals surface area contributed by atoms with Crippen LogP contribution in [0.4, 0.5) is 0 Å². The maximum atomic E-state index is 12.7. The van der Waals surface area contributed by atoms with Crippen LogP contribution in [-0.2, 0) is 11.2 Å². The molecule has 0 aliphatic carbocycles. The second-order valence-electron chi connectivity index (χ2n) is 6.80. The molecule has 0 aromatic heterocycles. The van der Waals surface area contributed by atoms with E-state index in [0.29, 0.717) is 17.7 Å². The first-order chi connectivity index (χ1) is 10.2. The van der Waals surface area contributed by atoms with Gasteiger partial charge in [-0.2, -0.15) is 0 Å². The van der Waals surface area contributed by atoms with Gasteiger partial charge in [0.05, 0.1) is 6.42 Å². The Bertz CT molecular complexity index is 500. The number of aryl methyl sites for hydroxylation is 1. The minimum atomic E-state index is 0.300. The van der Waals surface area contributed by atoms with Gasteiger partial charge in [0.1, 0.15) is 0 Å². The maximum Gasteiger partial charge on any atom is 0.227 e. The molecule has 2 aliphatic heterocycles. The molecule has 2 aliphatic rings. The van der Waals surface area contributed by atoms with Crippen LogP contribution in [0.1, 0.15) is 36.8 Å². The van der Waals surface area contributed by atoms with E-state index in [9.17, 15) is 4.79 Å². The Labute approximate surface area is 127 Å². The van der Waals surface area contributed by atoms with Gasteiger partial charge in [0.15, 0.2) is 0 Å². The first-order valence-corrected chi connectivity index (χ1v) is 8.22. The van der Waals surface area contributed by atoms with Crippen LogP contribution in [0, 0.1) is 12.3 Å². The lowest BCUT2D eigenvalue weighted by molar-refractivity contribution is -0.134. The van der Waals surface area contributed by atoms with E-state index in [4.69, 9.17) is 0 Å². The molecule has 3 nitrogen and oxygen atoms in total. The number of amides is 1. The number of nitrogens with zero attached hydrogens (tertiary/aromatic N) is 1. The van der Waals surface area contributed by atoms with Gasteiger partial charge in [-0.1, -0.05) is 24.3 Å². The smallest absolute Gasteiger partial charge is 0.227 e. The summed E-state index contributed by atoms with van der Waals surface area (Å²) in [6.07, 6.45) is 5.50. The predicted octanol–water partition coefficient (Wildman–Crippen LogP) is 2.53. The molecule has 0 bridgehead atoms. The first kappa shape index (κ1) is 14.6. The molecule has 0 saturated carbocycles. The summed E-state index contributed by atoms with van der Waals surface area (Å²) >= 11 is 0. The van der Waals surface area contributed by atoms with Crippen molar-refractivity contribution in [2.75, 3.05) is 26.2 Å². The highest BCUT2D eigenvalue weighted by molar-refractivity contribution is 5.79. The molecule has 1 amide bonds. The number of likely N-dealkylation sites (tertiary alicyclic amines) is 1. The molecular weight excluding hydrogens is 260 g/mol. The van der Waals surface area contributed by atoms with E-state index in [1.807, 2.05) is 12.1 Å². The minimum absolute atomic E-state index is 0.300. The second kappa shape index (κ2) is 6.18. The van der Waals surface area contributed by atoms with Crippen LogP contribution in [0.25, 0.3) is 0 Å². The van der Waals surface area contributed by atoms with Crippen LogP contribution >= 0.6 is 0 Å². The van der Waals surface area contributed by atoms with Gasteiger partial charge in [-0.15, -0.1) is 0 Å². The maximum absolute atomic E-state index is 12.7. The van der Waals surface area contributed by atoms with Crippen molar-refractivity contribution in [1.82, 2.24) is 10.2 Å². The Morgan fingerprint density at radius 2 is 2.10 bits per heavy atom. The van der Waals surface area contributed by atoms with Gasteiger partial charge in [-0.05, 0) is 50.3 Å². The second-order valence-corrected chi connectivity index (χ2v) is 6.80. The summed E-state index contributed by atoms with van der Waals surface area (Å²) in [4.78, 5) is 14.8. The fourth-order valence-electron chi connectivity index (χ4n) is 3.88. The van der Waals surface area contributed by atoms with Crippen molar-refractivity contribution in [2.45, 2.75) is 39.0 Å². The standard InChI is InChI=1S/C18H26N2O/c1-15-6-2-3-7-16(15)12-17(21)20-11-5-9-18(14-20)8-4-10-19-13-18/h2-3,6-7,19H,4-5,8-14H2,1H3. The zero-order valence-electron chi connectivity index (χ0n) is 13.0. The average Bonchev–Trinajstić information content (AvgIpc) is 2.50. The molecule has 1 atom stereocenters. The average molecular weight is 286 g/mol. The van der Waals surface area contributed by atoms with Crippen molar-refractivity contribution < 1.29 is 4.79 Å². The third-order valence-electron chi connectivity index (χ3n) is 5.18. The van der Waals surface area contributed by atoms with E-state index in [1.54, 1.807) is 0 Å². The normalized spacial score (nSPS) is 26.0. The molecule has 1 aromatic rings. The summed E-state index contributed by atoms with van der Waals surface area (Å²) in [5.41, 5.74) is 2.73. The molecule has 2 fully saturated rings. The van der Waals surface area contributed by atoms with Gasteiger partial charge in [-0.3, -0.25) is 4.79 Å². The Hall–Kier alpha value is -1.35.